The predicted octanol–water partition coefficient (Wildman–Crippen LogP) is 3.12. The number of imidazole rings is 1. The zero-order valence-corrected chi connectivity index (χ0v) is 12.1. The van der Waals surface area contributed by atoms with Gasteiger partial charge in [0.1, 0.15) is 0 Å². The molecule has 0 saturated heterocycles. The molecule has 1 saturated carbocycles. The Bertz CT molecular complexity index is 362. The van der Waals surface area contributed by atoms with E-state index in [1.54, 1.807) is 0 Å². The Morgan fingerprint density at radius 1 is 1.39 bits per heavy atom. The molecular formula is C15H27N3. The Labute approximate surface area is 111 Å². The second-order valence-corrected chi connectivity index (χ2v) is 6.40. The Morgan fingerprint density at radius 3 is 2.67 bits per heavy atom. The fourth-order valence-electron chi connectivity index (χ4n) is 3.45. The molecule has 1 N–H and O–H groups in total. The Kier molecular flexibility index (Phi) is 4.44. The molecule has 18 heavy (non-hydrogen) atoms. The molecule has 1 aromatic heterocycles. The van der Waals surface area contributed by atoms with Crippen molar-refractivity contribution in [3.8, 4) is 0 Å². The van der Waals surface area contributed by atoms with E-state index in [1.807, 2.05) is 12.5 Å². The number of hydrogen-bond acceptors (Lipinski definition) is 2. The van der Waals surface area contributed by atoms with Crippen molar-refractivity contribution in [3.63, 3.8) is 0 Å². The third-order valence-electron chi connectivity index (χ3n) is 4.23. The summed E-state index contributed by atoms with van der Waals surface area (Å²) in [6, 6.07) is 0. The molecule has 0 amide bonds. The highest BCUT2D eigenvalue weighted by Gasteiger charge is 2.33. The summed E-state index contributed by atoms with van der Waals surface area (Å²) in [7, 11) is 2.06. The van der Waals surface area contributed by atoms with Gasteiger partial charge in [-0.3, -0.25) is 0 Å². The van der Waals surface area contributed by atoms with Crippen molar-refractivity contribution in [2.45, 2.75) is 52.5 Å². The zero-order chi connectivity index (χ0) is 13.0. The maximum absolute atomic E-state index is 4.16. The van der Waals surface area contributed by atoms with E-state index in [9.17, 15) is 0 Å². The van der Waals surface area contributed by atoms with Crippen LogP contribution in [0.3, 0.4) is 0 Å². The molecular weight excluding hydrogens is 222 g/mol. The van der Waals surface area contributed by atoms with E-state index in [4.69, 9.17) is 0 Å². The van der Waals surface area contributed by atoms with Crippen LogP contribution in [0.5, 0.6) is 0 Å². The van der Waals surface area contributed by atoms with E-state index in [0.29, 0.717) is 5.41 Å². The van der Waals surface area contributed by atoms with E-state index >= 15 is 0 Å². The third-order valence-corrected chi connectivity index (χ3v) is 4.23. The van der Waals surface area contributed by atoms with E-state index in [-0.39, 0.29) is 0 Å². The first-order valence-corrected chi connectivity index (χ1v) is 7.27. The van der Waals surface area contributed by atoms with Crippen LogP contribution in [0.15, 0.2) is 12.5 Å². The minimum absolute atomic E-state index is 0.562. The van der Waals surface area contributed by atoms with Gasteiger partial charge >= 0.3 is 0 Å². The van der Waals surface area contributed by atoms with Crippen LogP contribution in [0.25, 0.3) is 0 Å². The summed E-state index contributed by atoms with van der Waals surface area (Å²) in [5, 5.41) is 3.66. The Morgan fingerprint density at radius 2 is 2.11 bits per heavy atom. The van der Waals surface area contributed by atoms with Crippen LogP contribution in [-0.4, -0.2) is 16.1 Å². The molecule has 1 aliphatic rings. The molecule has 0 radical (unpaired) electrons. The topological polar surface area (TPSA) is 29.9 Å². The molecule has 2 rings (SSSR count). The molecule has 3 nitrogen and oxygen atoms in total. The molecule has 1 fully saturated rings. The molecule has 0 bridgehead atoms. The lowest BCUT2D eigenvalue weighted by Gasteiger charge is -2.31. The van der Waals surface area contributed by atoms with Crippen LogP contribution in [0.1, 0.15) is 51.6 Å². The second kappa shape index (κ2) is 5.87. The number of aryl methyl sites for hydroxylation is 1. The maximum Gasteiger partial charge on any atom is 0.0945 e. The van der Waals surface area contributed by atoms with Gasteiger partial charge in [0, 0.05) is 26.3 Å². The number of hydrogen-bond donors (Lipinski definition) is 1. The minimum Gasteiger partial charge on any atom is -0.337 e. The molecule has 0 spiro atoms. The summed E-state index contributed by atoms with van der Waals surface area (Å²) < 4.78 is 2.09. The summed E-state index contributed by atoms with van der Waals surface area (Å²) in [5.74, 6) is 0.807. The van der Waals surface area contributed by atoms with Gasteiger partial charge in [-0.2, -0.15) is 0 Å². The predicted molar refractivity (Wildman–Crippen MR) is 75.3 cm³/mol. The zero-order valence-electron chi connectivity index (χ0n) is 12.1. The normalized spacial score (nSPS) is 18.7. The lowest BCUT2D eigenvalue weighted by molar-refractivity contribution is 0.223. The smallest absolute Gasteiger partial charge is 0.0945 e. The van der Waals surface area contributed by atoms with Crippen LogP contribution in [0.2, 0.25) is 0 Å². The number of aromatic nitrogens is 2. The fraction of sp³-hybridized carbons (Fsp3) is 0.800. The molecule has 102 valence electrons. The van der Waals surface area contributed by atoms with Crippen molar-refractivity contribution in [2.24, 2.45) is 18.4 Å². The van der Waals surface area contributed by atoms with E-state index in [0.717, 1.165) is 19.0 Å². The molecule has 3 heteroatoms. The van der Waals surface area contributed by atoms with Gasteiger partial charge in [-0.25, -0.2) is 4.98 Å². The summed E-state index contributed by atoms with van der Waals surface area (Å²) >= 11 is 0. The van der Waals surface area contributed by atoms with Crippen molar-refractivity contribution in [1.29, 1.82) is 0 Å². The van der Waals surface area contributed by atoms with Gasteiger partial charge in [-0.15, -0.1) is 0 Å². The standard InChI is InChI=1S/C15H27N3/c1-13(2)8-15(6-4-5-7-15)11-16-9-14-10-17-12-18(14)3/h10,12-13,16H,4-9,11H2,1-3H3. The monoisotopic (exact) mass is 249 g/mol. The average Bonchev–Trinajstić information content (AvgIpc) is 2.89. The number of rotatable bonds is 6. The quantitative estimate of drug-likeness (QED) is 0.839. The summed E-state index contributed by atoms with van der Waals surface area (Å²) in [6.45, 7) is 6.80. The van der Waals surface area contributed by atoms with Crippen LogP contribution in [-0.2, 0) is 13.6 Å². The first-order chi connectivity index (χ1) is 8.61. The van der Waals surface area contributed by atoms with Crippen molar-refractivity contribution < 1.29 is 0 Å². The largest absolute Gasteiger partial charge is 0.337 e. The average molecular weight is 249 g/mol. The first-order valence-electron chi connectivity index (χ1n) is 7.27. The van der Waals surface area contributed by atoms with Crippen LogP contribution in [0, 0.1) is 11.3 Å². The van der Waals surface area contributed by atoms with Crippen LogP contribution >= 0.6 is 0 Å². The minimum atomic E-state index is 0.562. The molecule has 1 heterocycles. The molecule has 0 atom stereocenters. The molecule has 1 aliphatic carbocycles. The van der Waals surface area contributed by atoms with Crippen molar-refractivity contribution in [1.82, 2.24) is 14.9 Å². The highest BCUT2D eigenvalue weighted by Crippen LogP contribution is 2.42. The van der Waals surface area contributed by atoms with E-state index < -0.39 is 0 Å². The van der Waals surface area contributed by atoms with Gasteiger partial charge in [0.15, 0.2) is 0 Å². The fourth-order valence-corrected chi connectivity index (χ4v) is 3.45. The highest BCUT2D eigenvalue weighted by atomic mass is 15.0. The molecule has 0 aliphatic heterocycles. The highest BCUT2D eigenvalue weighted by molar-refractivity contribution is 4.97. The molecule has 0 aromatic carbocycles. The van der Waals surface area contributed by atoms with Crippen LogP contribution in [0.4, 0.5) is 0 Å². The molecule has 0 unspecified atom stereocenters. The van der Waals surface area contributed by atoms with Crippen LogP contribution < -0.4 is 5.32 Å². The van der Waals surface area contributed by atoms with Crippen molar-refractivity contribution in [2.75, 3.05) is 6.54 Å². The van der Waals surface area contributed by atoms with E-state index in [2.05, 4.69) is 35.8 Å². The lowest BCUT2D eigenvalue weighted by atomic mass is 9.78. The lowest BCUT2D eigenvalue weighted by Crippen LogP contribution is -2.33. The number of nitrogens with one attached hydrogen (secondary N) is 1. The maximum atomic E-state index is 4.16. The number of nitrogens with zero attached hydrogens (tertiary/aromatic N) is 2. The Balaban J connectivity index is 1.85. The van der Waals surface area contributed by atoms with Gasteiger partial charge < -0.3 is 9.88 Å². The van der Waals surface area contributed by atoms with Gasteiger partial charge in [0.25, 0.3) is 0 Å². The van der Waals surface area contributed by atoms with Gasteiger partial charge in [-0.1, -0.05) is 26.7 Å². The summed E-state index contributed by atoms with van der Waals surface area (Å²) in [4.78, 5) is 4.16. The van der Waals surface area contributed by atoms with Crippen molar-refractivity contribution in [3.05, 3.63) is 18.2 Å². The van der Waals surface area contributed by atoms with Gasteiger partial charge in [-0.05, 0) is 30.6 Å². The Hall–Kier alpha value is -0.830. The summed E-state index contributed by atoms with van der Waals surface area (Å²) in [6.07, 6.45) is 10.8. The van der Waals surface area contributed by atoms with E-state index in [1.165, 1.54) is 37.8 Å². The third kappa shape index (κ3) is 3.35. The first kappa shape index (κ1) is 13.6. The second-order valence-electron chi connectivity index (χ2n) is 6.40. The van der Waals surface area contributed by atoms with Gasteiger partial charge in [0.05, 0.1) is 12.0 Å². The summed E-state index contributed by atoms with van der Waals surface area (Å²) in [5.41, 5.74) is 1.83. The van der Waals surface area contributed by atoms with Crippen molar-refractivity contribution >= 4 is 0 Å². The van der Waals surface area contributed by atoms with Gasteiger partial charge in [0.2, 0.25) is 0 Å². The SMILES string of the molecule is CC(C)CC1(CNCc2cncn2C)CCCC1. The molecule has 1 aromatic rings.